The predicted molar refractivity (Wildman–Crippen MR) is 55.3 cm³/mol. The SMILES string of the molecule is COc1ccc(C(F)(F)CCN)cc1C. The summed E-state index contributed by atoms with van der Waals surface area (Å²) >= 11 is 0. The van der Waals surface area contributed by atoms with Crippen molar-refractivity contribution in [3.8, 4) is 5.75 Å². The van der Waals surface area contributed by atoms with Gasteiger partial charge in [-0.15, -0.1) is 0 Å². The maximum absolute atomic E-state index is 13.5. The highest BCUT2D eigenvalue weighted by Crippen LogP contribution is 2.33. The topological polar surface area (TPSA) is 35.2 Å². The maximum Gasteiger partial charge on any atom is 0.274 e. The van der Waals surface area contributed by atoms with E-state index >= 15 is 0 Å². The Morgan fingerprint density at radius 2 is 2.07 bits per heavy atom. The van der Waals surface area contributed by atoms with Crippen LogP contribution in [-0.2, 0) is 5.92 Å². The second kappa shape index (κ2) is 4.57. The number of alkyl halides is 2. The molecule has 2 N–H and O–H groups in total. The number of nitrogens with two attached hydrogens (primary N) is 1. The molecule has 0 atom stereocenters. The largest absolute Gasteiger partial charge is 0.496 e. The summed E-state index contributed by atoms with van der Waals surface area (Å²) in [5.74, 6) is -2.24. The molecule has 1 aromatic rings. The average Bonchev–Trinajstić information content (AvgIpc) is 2.17. The number of aryl methyl sites for hydroxylation is 1. The van der Waals surface area contributed by atoms with E-state index in [9.17, 15) is 8.78 Å². The van der Waals surface area contributed by atoms with Crippen molar-refractivity contribution in [2.45, 2.75) is 19.3 Å². The lowest BCUT2D eigenvalue weighted by atomic mass is 10.0. The van der Waals surface area contributed by atoms with Crippen LogP contribution in [0.25, 0.3) is 0 Å². The van der Waals surface area contributed by atoms with Crippen molar-refractivity contribution in [2.24, 2.45) is 5.73 Å². The van der Waals surface area contributed by atoms with Crippen LogP contribution in [0.4, 0.5) is 8.78 Å². The molecule has 4 heteroatoms. The molecular weight excluding hydrogens is 200 g/mol. The van der Waals surface area contributed by atoms with Crippen LogP contribution in [0.15, 0.2) is 18.2 Å². The van der Waals surface area contributed by atoms with Crippen LogP contribution in [0.2, 0.25) is 0 Å². The van der Waals surface area contributed by atoms with Gasteiger partial charge in [0.05, 0.1) is 7.11 Å². The summed E-state index contributed by atoms with van der Waals surface area (Å²) in [5.41, 5.74) is 5.83. The Balaban J connectivity index is 3.01. The lowest BCUT2D eigenvalue weighted by molar-refractivity contribution is -0.0108. The molecule has 0 aliphatic rings. The molecule has 84 valence electrons. The Hall–Kier alpha value is -1.16. The molecule has 0 aliphatic heterocycles. The molecule has 0 unspecified atom stereocenters. The molecule has 0 amide bonds. The highest BCUT2D eigenvalue weighted by atomic mass is 19.3. The van der Waals surface area contributed by atoms with Gasteiger partial charge in [0.1, 0.15) is 5.75 Å². The van der Waals surface area contributed by atoms with Gasteiger partial charge in [-0.25, -0.2) is 8.78 Å². The monoisotopic (exact) mass is 215 g/mol. The van der Waals surface area contributed by atoms with E-state index in [4.69, 9.17) is 10.5 Å². The molecule has 0 radical (unpaired) electrons. The van der Waals surface area contributed by atoms with Crippen LogP contribution in [0, 0.1) is 6.92 Å². The van der Waals surface area contributed by atoms with Crippen molar-refractivity contribution in [3.05, 3.63) is 29.3 Å². The first-order valence-electron chi connectivity index (χ1n) is 4.74. The Morgan fingerprint density at radius 3 is 2.53 bits per heavy atom. The summed E-state index contributed by atoms with van der Waals surface area (Å²) in [7, 11) is 1.51. The predicted octanol–water partition coefficient (Wildman–Crippen LogP) is 2.44. The second-order valence-electron chi connectivity index (χ2n) is 3.43. The van der Waals surface area contributed by atoms with Crippen LogP contribution in [-0.4, -0.2) is 13.7 Å². The van der Waals surface area contributed by atoms with Gasteiger partial charge >= 0.3 is 0 Å². The van der Waals surface area contributed by atoms with Crippen molar-refractivity contribution in [1.29, 1.82) is 0 Å². The lowest BCUT2D eigenvalue weighted by Gasteiger charge is -2.17. The molecule has 15 heavy (non-hydrogen) atoms. The third kappa shape index (κ3) is 2.65. The van der Waals surface area contributed by atoms with Gasteiger partial charge in [0.25, 0.3) is 5.92 Å². The van der Waals surface area contributed by atoms with Crippen LogP contribution in [0.3, 0.4) is 0 Å². The molecule has 0 bridgehead atoms. The number of ether oxygens (including phenoxy) is 1. The molecule has 0 aromatic heterocycles. The van der Waals surface area contributed by atoms with Gasteiger partial charge in [-0.3, -0.25) is 0 Å². The third-order valence-electron chi connectivity index (χ3n) is 2.28. The minimum Gasteiger partial charge on any atom is -0.496 e. The van der Waals surface area contributed by atoms with E-state index in [0.29, 0.717) is 11.3 Å². The van der Waals surface area contributed by atoms with Crippen molar-refractivity contribution in [2.75, 3.05) is 13.7 Å². The Bertz CT molecular complexity index is 339. The first-order valence-corrected chi connectivity index (χ1v) is 4.74. The van der Waals surface area contributed by atoms with Gasteiger partial charge in [-0.05, 0) is 37.2 Å². The van der Waals surface area contributed by atoms with Gasteiger partial charge in [0.15, 0.2) is 0 Å². The minimum atomic E-state index is -2.86. The van der Waals surface area contributed by atoms with E-state index in [2.05, 4.69) is 0 Å². The fraction of sp³-hybridized carbons (Fsp3) is 0.455. The van der Waals surface area contributed by atoms with Crippen molar-refractivity contribution >= 4 is 0 Å². The number of halogens is 2. The van der Waals surface area contributed by atoms with Crippen LogP contribution in [0.1, 0.15) is 17.5 Å². The molecule has 0 fully saturated rings. The Labute approximate surface area is 88.0 Å². The van der Waals surface area contributed by atoms with Crippen LogP contribution < -0.4 is 10.5 Å². The maximum atomic E-state index is 13.5. The van der Waals surface area contributed by atoms with Crippen LogP contribution in [0.5, 0.6) is 5.75 Å². The molecular formula is C11H15F2NO. The average molecular weight is 215 g/mol. The van der Waals surface area contributed by atoms with Gasteiger partial charge in [-0.2, -0.15) is 0 Å². The number of rotatable bonds is 4. The molecule has 2 nitrogen and oxygen atoms in total. The fourth-order valence-electron chi connectivity index (χ4n) is 1.43. The highest BCUT2D eigenvalue weighted by molar-refractivity contribution is 5.37. The van der Waals surface area contributed by atoms with Crippen molar-refractivity contribution in [3.63, 3.8) is 0 Å². The first-order chi connectivity index (χ1) is 7.01. The zero-order chi connectivity index (χ0) is 11.5. The smallest absolute Gasteiger partial charge is 0.274 e. The summed E-state index contributed by atoms with van der Waals surface area (Å²) in [4.78, 5) is 0. The van der Waals surface area contributed by atoms with E-state index in [-0.39, 0.29) is 18.5 Å². The highest BCUT2D eigenvalue weighted by Gasteiger charge is 2.30. The number of hydrogen-bond donors (Lipinski definition) is 1. The third-order valence-corrected chi connectivity index (χ3v) is 2.28. The molecule has 0 saturated carbocycles. The van der Waals surface area contributed by atoms with Gasteiger partial charge in [-0.1, -0.05) is 0 Å². The van der Waals surface area contributed by atoms with E-state index in [1.165, 1.54) is 19.2 Å². The number of benzene rings is 1. The van der Waals surface area contributed by atoms with Gasteiger partial charge in [0, 0.05) is 12.0 Å². The summed E-state index contributed by atoms with van der Waals surface area (Å²) in [6, 6.07) is 4.37. The quantitative estimate of drug-likeness (QED) is 0.837. The molecule has 0 heterocycles. The minimum absolute atomic E-state index is 0.00810. The summed E-state index contributed by atoms with van der Waals surface area (Å²) in [5, 5.41) is 0. The van der Waals surface area contributed by atoms with E-state index in [1.54, 1.807) is 13.0 Å². The summed E-state index contributed by atoms with van der Waals surface area (Å²) < 4.78 is 31.9. The summed E-state index contributed by atoms with van der Waals surface area (Å²) in [6.45, 7) is 1.71. The normalized spacial score (nSPS) is 11.5. The lowest BCUT2D eigenvalue weighted by Crippen LogP contribution is -2.18. The van der Waals surface area contributed by atoms with Gasteiger partial charge in [0.2, 0.25) is 0 Å². The molecule has 0 spiro atoms. The van der Waals surface area contributed by atoms with E-state index < -0.39 is 5.92 Å². The van der Waals surface area contributed by atoms with Crippen molar-refractivity contribution in [1.82, 2.24) is 0 Å². The first kappa shape index (κ1) is 11.9. The molecule has 0 saturated heterocycles. The Kier molecular flexibility index (Phi) is 3.63. The zero-order valence-electron chi connectivity index (χ0n) is 8.89. The van der Waals surface area contributed by atoms with Gasteiger partial charge < -0.3 is 10.5 Å². The molecule has 1 aromatic carbocycles. The zero-order valence-corrected chi connectivity index (χ0v) is 8.89. The van der Waals surface area contributed by atoms with E-state index in [1.807, 2.05) is 0 Å². The fourth-order valence-corrected chi connectivity index (χ4v) is 1.43. The molecule has 0 aliphatic carbocycles. The molecule has 1 rings (SSSR count). The number of methoxy groups -OCH3 is 1. The second-order valence-corrected chi connectivity index (χ2v) is 3.43. The van der Waals surface area contributed by atoms with Crippen molar-refractivity contribution < 1.29 is 13.5 Å². The van der Waals surface area contributed by atoms with E-state index in [0.717, 1.165) is 0 Å². The number of hydrogen-bond acceptors (Lipinski definition) is 2. The van der Waals surface area contributed by atoms with Crippen LogP contribution >= 0.6 is 0 Å². The summed E-state index contributed by atoms with van der Waals surface area (Å²) in [6.07, 6.45) is -0.335. The standard InChI is InChI=1S/C11H15F2NO/c1-8-7-9(3-4-10(8)15-2)11(12,13)5-6-14/h3-4,7H,5-6,14H2,1-2H3. The Morgan fingerprint density at radius 1 is 1.40 bits per heavy atom.